The Balaban J connectivity index is 1.59. The van der Waals surface area contributed by atoms with Crippen LogP contribution in [-0.2, 0) is 11.3 Å². The van der Waals surface area contributed by atoms with Crippen molar-refractivity contribution in [3.63, 3.8) is 0 Å². The largest absolute Gasteiger partial charge is 0.338 e. The van der Waals surface area contributed by atoms with Crippen LogP contribution in [0.4, 0.5) is 0 Å². The van der Waals surface area contributed by atoms with Crippen LogP contribution in [0.15, 0.2) is 23.4 Å². The zero-order chi connectivity index (χ0) is 18.5. The van der Waals surface area contributed by atoms with Crippen molar-refractivity contribution in [1.29, 1.82) is 0 Å². The highest BCUT2D eigenvalue weighted by Crippen LogP contribution is 2.31. The van der Waals surface area contributed by atoms with E-state index in [2.05, 4.69) is 15.5 Å². The lowest BCUT2D eigenvalue weighted by atomic mass is 10.2. The van der Waals surface area contributed by atoms with Crippen molar-refractivity contribution in [3.05, 3.63) is 33.8 Å². The van der Waals surface area contributed by atoms with E-state index in [1.807, 2.05) is 17.7 Å². The Morgan fingerprint density at radius 2 is 2.08 bits per heavy atom. The van der Waals surface area contributed by atoms with Gasteiger partial charge in [0, 0.05) is 13.1 Å². The average Bonchev–Trinajstić information content (AvgIpc) is 3.31. The van der Waals surface area contributed by atoms with Gasteiger partial charge in [0.25, 0.3) is 0 Å². The van der Waals surface area contributed by atoms with E-state index in [-0.39, 0.29) is 5.91 Å². The molecule has 1 saturated carbocycles. The molecule has 1 aliphatic rings. The summed E-state index contributed by atoms with van der Waals surface area (Å²) in [5, 5.41) is 13.7. The zero-order valence-electron chi connectivity index (χ0n) is 14.6. The molecule has 26 heavy (non-hydrogen) atoms. The lowest BCUT2D eigenvalue weighted by Gasteiger charge is -2.21. The van der Waals surface area contributed by atoms with Gasteiger partial charge in [0.2, 0.25) is 11.1 Å². The molecule has 0 saturated heterocycles. The maximum Gasteiger partial charge on any atom is 0.233 e. The molecule has 6 nitrogen and oxygen atoms in total. The molecule has 3 rings (SSSR count). The van der Waals surface area contributed by atoms with Crippen LogP contribution in [-0.4, -0.2) is 43.3 Å². The van der Waals surface area contributed by atoms with Gasteiger partial charge in [-0.3, -0.25) is 4.79 Å². The minimum Gasteiger partial charge on any atom is -0.338 e. The topological polar surface area (TPSA) is 63.9 Å². The molecular formula is C17H21Cl2N5OS. The first kappa shape index (κ1) is 19.5. The maximum absolute atomic E-state index is 12.6. The van der Waals surface area contributed by atoms with Crippen molar-refractivity contribution >= 4 is 40.9 Å². The Labute approximate surface area is 167 Å². The standard InChI is InChI=1S/C17H21Cl2N5OS/c1-2-23(10-12-7-8-14(18)15(19)9-12)16(25)11-26-17-20-21-22-24(17)13-5-3-4-6-13/h7-9,13H,2-6,10-11H2,1H3. The fourth-order valence-electron chi connectivity index (χ4n) is 3.11. The summed E-state index contributed by atoms with van der Waals surface area (Å²) in [5.74, 6) is 0.354. The number of benzene rings is 1. The Kier molecular flexibility index (Phi) is 6.78. The third-order valence-corrected chi connectivity index (χ3v) is 6.21. The highest BCUT2D eigenvalue weighted by molar-refractivity contribution is 7.99. The summed E-state index contributed by atoms with van der Waals surface area (Å²) in [6, 6.07) is 5.80. The van der Waals surface area contributed by atoms with Crippen LogP contribution >= 0.6 is 35.0 Å². The molecule has 1 amide bonds. The van der Waals surface area contributed by atoms with Gasteiger partial charge in [0.15, 0.2) is 0 Å². The SMILES string of the molecule is CCN(Cc1ccc(Cl)c(Cl)c1)C(=O)CSc1nnnn1C1CCCC1. The third-order valence-electron chi connectivity index (χ3n) is 4.55. The van der Waals surface area contributed by atoms with Crippen molar-refractivity contribution in [1.82, 2.24) is 25.1 Å². The predicted molar refractivity (Wildman–Crippen MR) is 104 cm³/mol. The molecule has 1 fully saturated rings. The summed E-state index contributed by atoms with van der Waals surface area (Å²) in [5.41, 5.74) is 0.954. The van der Waals surface area contributed by atoms with Gasteiger partial charge in [-0.05, 0) is 47.9 Å². The van der Waals surface area contributed by atoms with Gasteiger partial charge in [0.05, 0.1) is 21.8 Å². The summed E-state index contributed by atoms with van der Waals surface area (Å²) in [4.78, 5) is 14.4. The highest BCUT2D eigenvalue weighted by atomic mass is 35.5. The lowest BCUT2D eigenvalue weighted by molar-refractivity contribution is -0.128. The zero-order valence-corrected chi connectivity index (χ0v) is 16.9. The highest BCUT2D eigenvalue weighted by Gasteiger charge is 2.22. The van der Waals surface area contributed by atoms with Crippen LogP contribution < -0.4 is 0 Å². The first-order chi connectivity index (χ1) is 12.6. The second-order valence-electron chi connectivity index (χ2n) is 6.29. The number of hydrogen-bond acceptors (Lipinski definition) is 5. The van der Waals surface area contributed by atoms with Crippen molar-refractivity contribution in [2.75, 3.05) is 12.3 Å². The van der Waals surface area contributed by atoms with E-state index in [0.29, 0.717) is 34.9 Å². The normalized spacial score (nSPS) is 14.7. The van der Waals surface area contributed by atoms with Gasteiger partial charge >= 0.3 is 0 Å². The van der Waals surface area contributed by atoms with Gasteiger partial charge in [0.1, 0.15) is 0 Å². The molecule has 1 aromatic heterocycles. The quantitative estimate of drug-likeness (QED) is 0.635. The summed E-state index contributed by atoms with van der Waals surface area (Å²) >= 11 is 13.4. The minimum atomic E-state index is 0.0459. The van der Waals surface area contributed by atoms with E-state index in [4.69, 9.17) is 23.2 Å². The number of hydrogen-bond donors (Lipinski definition) is 0. The molecule has 0 aliphatic heterocycles. The van der Waals surface area contributed by atoms with E-state index in [1.165, 1.54) is 24.6 Å². The van der Waals surface area contributed by atoms with Crippen LogP contribution in [0.2, 0.25) is 10.0 Å². The molecule has 2 aromatic rings. The summed E-state index contributed by atoms with van der Waals surface area (Å²) < 4.78 is 1.88. The number of nitrogens with zero attached hydrogens (tertiary/aromatic N) is 5. The molecule has 0 N–H and O–H groups in total. The molecule has 1 aromatic carbocycles. The van der Waals surface area contributed by atoms with Crippen molar-refractivity contribution in [2.45, 2.75) is 50.4 Å². The second-order valence-corrected chi connectivity index (χ2v) is 8.05. The molecule has 1 aliphatic carbocycles. The van der Waals surface area contributed by atoms with Crippen LogP contribution in [0.5, 0.6) is 0 Å². The van der Waals surface area contributed by atoms with Crippen LogP contribution in [0.3, 0.4) is 0 Å². The van der Waals surface area contributed by atoms with E-state index >= 15 is 0 Å². The molecule has 0 atom stereocenters. The van der Waals surface area contributed by atoms with E-state index in [9.17, 15) is 4.79 Å². The number of carbonyl (C=O) groups is 1. The van der Waals surface area contributed by atoms with Gasteiger partial charge in [-0.1, -0.05) is 53.9 Å². The molecule has 140 valence electrons. The number of carbonyl (C=O) groups excluding carboxylic acids is 1. The van der Waals surface area contributed by atoms with Gasteiger partial charge in [-0.2, -0.15) is 0 Å². The maximum atomic E-state index is 12.6. The number of tetrazole rings is 1. The molecule has 1 heterocycles. The van der Waals surface area contributed by atoms with Crippen LogP contribution in [0.1, 0.15) is 44.2 Å². The molecular weight excluding hydrogens is 393 g/mol. The van der Waals surface area contributed by atoms with Crippen molar-refractivity contribution < 1.29 is 4.79 Å². The monoisotopic (exact) mass is 413 g/mol. The Morgan fingerprint density at radius 1 is 1.31 bits per heavy atom. The van der Waals surface area contributed by atoms with E-state index < -0.39 is 0 Å². The smallest absolute Gasteiger partial charge is 0.233 e. The molecule has 0 radical (unpaired) electrons. The number of thioether (sulfide) groups is 1. The fourth-order valence-corrected chi connectivity index (χ4v) is 4.28. The number of amides is 1. The van der Waals surface area contributed by atoms with Crippen LogP contribution in [0, 0.1) is 0 Å². The molecule has 0 unspecified atom stereocenters. The van der Waals surface area contributed by atoms with Crippen molar-refractivity contribution in [2.24, 2.45) is 0 Å². The first-order valence-electron chi connectivity index (χ1n) is 8.71. The number of aromatic nitrogens is 4. The molecule has 0 spiro atoms. The number of rotatable bonds is 7. The second kappa shape index (κ2) is 9.06. The van der Waals surface area contributed by atoms with Gasteiger partial charge in [-0.15, -0.1) is 5.10 Å². The van der Waals surface area contributed by atoms with Crippen molar-refractivity contribution in [3.8, 4) is 0 Å². The summed E-state index contributed by atoms with van der Waals surface area (Å²) in [6.45, 7) is 3.08. The first-order valence-corrected chi connectivity index (χ1v) is 10.4. The lowest BCUT2D eigenvalue weighted by Crippen LogP contribution is -2.31. The van der Waals surface area contributed by atoms with Gasteiger partial charge in [-0.25, -0.2) is 4.68 Å². The van der Waals surface area contributed by atoms with Gasteiger partial charge < -0.3 is 4.90 Å². The summed E-state index contributed by atoms with van der Waals surface area (Å²) in [7, 11) is 0. The summed E-state index contributed by atoms with van der Waals surface area (Å²) in [6.07, 6.45) is 4.62. The third kappa shape index (κ3) is 4.69. The Morgan fingerprint density at radius 3 is 2.77 bits per heavy atom. The number of halogens is 2. The average molecular weight is 414 g/mol. The van der Waals surface area contributed by atoms with E-state index in [0.717, 1.165) is 23.6 Å². The minimum absolute atomic E-state index is 0.0459. The molecule has 9 heteroatoms. The van der Waals surface area contributed by atoms with Crippen LogP contribution in [0.25, 0.3) is 0 Å². The Bertz CT molecular complexity index is 763. The fraction of sp³-hybridized carbons (Fsp3) is 0.529. The van der Waals surface area contributed by atoms with E-state index in [1.54, 1.807) is 17.0 Å². The Hall–Kier alpha value is -1.31. The predicted octanol–water partition coefficient (Wildman–Crippen LogP) is 4.24. The molecule has 0 bridgehead atoms.